The number of sulfone groups is 1. The molecular formula is C13H19NO4S. The van der Waals surface area contributed by atoms with Gasteiger partial charge in [-0.1, -0.05) is 18.2 Å². The van der Waals surface area contributed by atoms with Gasteiger partial charge in [0.25, 0.3) is 0 Å². The summed E-state index contributed by atoms with van der Waals surface area (Å²) in [6.07, 6.45) is 2.02. The van der Waals surface area contributed by atoms with Crippen molar-refractivity contribution in [3.05, 3.63) is 29.8 Å². The van der Waals surface area contributed by atoms with Crippen LogP contribution in [0.3, 0.4) is 0 Å². The highest BCUT2D eigenvalue weighted by Gasteiger charge is 2.07. The second-order valence-corrected chi connectivity index (χ2v) is 6.55. The highest BCUT2D eigenvalue weighted by molar-refractivity contribution is 7.90. The predicted molar refractivity (Wildman–Crippen MR) is 74.0 cm³/mol. The molecule has 1 aromatic rings. The number of carbonyl (C=O) groups is 1. The van der Waals surface area contributed by atoms with Gasteiger partial charge in [-0.05, 0) is 18.1 Å². The van der Waals surface area contributed by atoms with Crippen molar-refractivity contribution < 1.29 is 17.9 Å². The van der Waals surface area contributed by atoms with Crippen molar-refractivity contribution in [3.63, 3.8) is 0 Å². The highest BCUT2D eigenvalue weighted by atomic mass is 32.2. The average Bonchev–Trinajstić information content (AvgIpc) is 2.35. The Bertz CT molecular complexity index is 525. The second kappa shape index (κ2) is 7.13. The lowest BCUT2D eigenvalue weighted by Crippen LogP contribution is -2.28. The van der Waals surface area contributed by atoms with Crippen LogP contribution in [0.1, 0.15) is 12.0 Å². The molecule has 0 aliphatic rings. The van der Waals surface area contributed by atoms with Crippen molar-refractivity contribution in [3.8, 4) is 5.75 Å². The Labute approximate surface area is 113 Å². The van der Waals surface area contributed by atoms with E-state index >= 15 is 0 Å². The molecular weight excluding hydrogens is 266 g/mol. The van der Waals surface area contributed by atoms with Gasteiger partial charge in [0.05, 0.1) is 12.9 Å². The van der Waals surface area contributed by atoms with Gasteiger partial charge in [0.1, 0.15) is 15.6 Å². The fraction of sp³-hybridized carbons (Fsp3) is 0.462. The van der Waals surface area contributed by atoms with Crippen LogP contribution in [-0.4, -0.2) is 40.0 Å². The van der Waals surface area contributed by atoms with Crippen molar-refractivity contribution in [1.29, 1.82) is 0 Å². The minimum atomic E-state index is -3.03. The van der Waals surface area contributed by atoms with E-state index in [0.29, 0.717) is 12.8 Å². The van der Waals surface area contributed by atoms with Gasteiger partial charge in [-0.15, -0.1) is 0 Å². The molecule has 0 aliphatic carbocycles. The fourth-order valence-corrected chi connectivity index (χ4v) is 2.09. The molecule has 0 heterocycles. The van der Waals surface area contributed by atoms with Crippen molar-refractivity contribution in [1.82, 2.24) is 5.32 Å². The molecule has 1 amide bonds. The van der Waals surface area contributed by atoms with Gasteiger partial charge in [-0.2, -0.15) is 0 Å². The van der Waals surface area contributed by atoms with E-state index in [4.69, 9.17) is 4.74 Å². The first-order chi connectivity index (χ1) is 8.92. The number of amides is 1. The van der Waals surface area contributed by atoms with Gasteiger partial charge >= 0.3 is 0 Å². The number of hydrogen-bond donors (Lipinski definition) is 1. The molecule has 0 radical (unpaired) electrons. The Kier molecular flexibility index (Phi) is 5.82. The van der Waals surface area contributed by atoms with Crippen LogP contribution in [0.4, 0.5) is 0 Å². The van der Waals surface area contributed by atoms with Gasteiger partial charge in [0.15, 0.2) is 0 Å². The molecule has 0 atom stereocenters. The van der Waals surface area contributed by atoms with Crippen molar-refractivity contribution in [2.75, 3.05) is 25.7 Å². The summed E-state index contributed by atoms with van der Waals surface area (Å²) in [4.78, 5) is 11.6. The van der Waals surface area contributed by atoms with Crippen LogP contribution in [0.2, 0.25) is 0 Å². The molecule has 6 heteroatoms. The topological polar surface area (TPSA) is 72.5 Å². The van der Waals surface area contributed by atoms with Gasteiger partial charge in [-0.3, -0.25) is 4.79 Å². The van der Waals surface area contributed by atoms with Crippen LogP contribution in [0.5, 0.6) is 5.75 Å². The van der Waals surface area contributed by atoms with Crippen molar-refractivity contribution >= 4 is 15.7 Å². The number of aryl methyl sites for hydroxylation is 1. The number of rotatable bonds is 7. The maximum atomic E-state index is 11.6. The van der Waals surface area contributed by atoms with Gasteiger partial charge < -0.3 is 10.1 Å². The zero-order chi connectivity index (χ0) is 14.3. The summed E-state index contributed by atoms with van der Waals surface area (Å²) in [6, 6.07) is 7.51. The van der Waals surface area contributed by atoms with E-state index in [0.717, 1.165) is 17.6 Å². The van der Waals surface area contributed by atoms with Crippen molar-refractivity contribution in [2.45, 2.75) is 12.8 Å². The Morgan fingerprint density at radius 1 is 1.32 bits per heavy atom. The average molecular weight is 285 g/mol. The number of carbonyl (C=O) groups excluding carboxylic acids is 1. The standard InChI is InChI=1S/C13H19NO4S/c1-18-12-6-4-3-5-11(12)7-8-13(15)14-9-10-19(2,16)17/h3-6H,7-10H2,1-2H3,(H,14,15). The molecule has 0 spiro atoms. The van der Waals surface area contributed by atoms with Crippen LogP contribution in [0, 0.1) is 0 Å². The molecule has 1 rings (SSSR count). The van der Waals surface area contributed by atoms with E-state index in [1.165, 1.54) is 0 Å². The number of ether oxygens (including phenoxy) is 1. The SMILES string of the molecule is COc1ccccc1CCC(=O)NCCS(C)(=O)=O. The summed E-state index contributed by atoms with van der Waals surface area (Å²) in [5.74, 6) is 0.564. The lowest BCUT2D eigenvalue weighted by Gasteiger charge is -2.08. The summed E-state index contributed by atoms with van der Waals surface area (Å²) in [6.45, 7) is 0.156. The molecule has 0 saturated heterocycles. The third-order valence-electron chi connectivity index (χ3n) is 2.61. The minimum Gasteiger partial charge on any atom is -0.496 e. The summed E-state index contributed by atoms with van der Waals surface area (Å²) in [5.41, 5.74) is 0.961. The molecule has 1 N–H and O–H groups in total. The molecule has 106 valence electrons. The Balaban J connectivity index is 2.38. The first-order valence-electron chi connectivity index (χ1n) is 5.98. The van der Waals surface area contributed by atoms with E-state index in [1.54, 1.807) is 7.11 Å². The molecule has 19 heavy (non-hydrogen) atoms. The smallest absolute Gasteiger partial charge is 0.220 e. The minimum absolute atomic E-state index is 0.0343. The monoisotopic (exact) mass is 285 g/mol. The zero-order valence-corrected chi connectivity index (χ0v) is 12.0. The lowest BCUT2D eigenvalue weighted by atomic mass is 10.1. The third kappa shape index (κ3) is 6.24. The van der Waals surface area contributed by atoms with Crippen LogP contribution < -0.4 is 10.1 Å². The third-order valence-corrected chi connectivity index (χ3v) is 3.55. The maximum Gasteiger partial charge on any atom is 0.220 e. The molecule has 1 aromatic carbocycles. The van der Waals surface area contributed by atoms with Gasteiger partial charge in [0, 0.05) is 19.2 Å². The Hall–Kier alpha value is -1.56. The normalized spacial score (nSPS) is 11.1. The van der Waals surface area contributed by atoms with E-state index in [2.05, 4.69) is 5.32 Å². The highest BCUT2D eigenvalue weighted by Crippen LogP contribution is 2.18. The summed E-state index contributed by atoms with van der Waals surface area (Å²) < 4.78 is 27.0. The van der Waals surface area contributed by atoms with Crippen LogP contribution in [-0.2, 0) is 21.1 Å². The van der Waals surface area contributed by atoms with Gasteiger partial charge in [0.2, 0.25) is 5.91 Å². The molecule has 5 nitrogen and oxygen atoms in total. The van der Waals surface area contributed by atoms with Gasteiger partial charge in [-0.25, -0.2) is 8.42 Å². The zero-order valence-electron chi connectivity index (χ0n) is 11.2. The first-order valence-corrected chi connectivity index (χ1v) is 8.05. The van der Waals surface area contributed by atoms with Crippen LogP contribution in [0.25, 0.3) is 0 Å². The molecule has 0 unspecified atom stereocenters. The molecule has 0 fully saturated rings. The van der Waals surface area contributed by atoms with Crippen LogP contribution in [0.15, 0.2) is 24.3 Å². The summed E-state index contributed by atoms with van der Waals surface area (Å²) in [7, 11) is -1.44. The maximum absolute atomic E-state index is 11.6. The molecule has 0 aromatic heterocycles. The first kappa shape index (κ1) is 15.5. The molecule has 0 bridgehead atoms. The number of benzene rings is 1. The van der Waals surface area contributed by atoms with Crippen LogP contribution >= 0.6 is 0 Å². The quantitative estimate of drug-likeness (QED) is 0.804. The number of hydrogen-bond acceptors (Lipinski definition) is 4. The number of nitrogens with one attached hydrogen (secondary N) is 1. The van der Waals surface area contributed by atoms with E-state index in [-0.39, 0.29) is 18.2 Å². The predicted octanol–water partition coefficient (Wildman–Crippen LogP) is 0.789. The largest absolute Gasteiger partial charge is 0.496 e. The van der Waals surface area contributed by atoms with E-state index in [9.17, 15) is 13.2 Å². The fourth-order valence-electron chi connectivity index (χ4n) is 1.62. The summed E-state index contributed by atoms with van der Waals surface area (Å²) >= 11 is 0. The summed E-state index contributed by atoms with van der Waals surface area (Å²) in [5, 5.41) is 2.59. The van der Waals surface area contributed by atoms with E-state index < -0.39 is 9.84 Å². The molecule has 0 aliphatic heterocycles. The van der Waals surface area contributed by atoms with E-state index in [1.807, 2.05) is 24.3 Å². The Morgan fingerprint density at radius 2 is 2.00 bits per heavy atom. The number of para-hydroxylation sites is 1. The Morgan fingerprint density at radius 3 is 2.63 bits per heavy atom. The number of methoxy groups -OCH3 is 1. The van der Waals surface area contributed by atoms with Crippen molar-refractivity contribution in [2.24, 2.45) is 0 Å². The lowest BCUT2D eigenvalue weighted by molar-refractivity contribution is -0.120. The second-order valence-electron chi connectivity index (χ2n) is 4.29. The molecule has 0 saturated carbocycles.